The number of hydrogen-bond donors (Lipinski definition) is 0. The molecule has 0 radical (unpaired) electrons. The van der Waals surface area contributed by atoms with E-state index in [9.17, 15) is 19.2 Å². The summed E-state index contributed by atoms with van der Waals surface area (Å²) in [7, 11) is 0. The van der Waals surface area contributed by atoms with Crippen molar-refractivity contribution in [2.24, 2.45) is 0 Å². The summed E-state index contributed by atoms with van der Waals surface area (Å²) in [5.41, 5.74) is 2.45. The fourth-order valence-electron chi connectivity index (χ4n) is 2.94. The van der Waals surface area contributed by atoms with Crippen molar-refractivity contribution in [2.45, 2.75) is 13.8 Å². The second-order valence-corrected chi connectivity index (χ2v) is 8.26. The maximum Gasteiger partial charge on any atom is 0.516 e. The predicted octanol–water partition coefficient (Wildman–Crippen LogP) is 5.62. The van der Waals surface area contributed by atoms with Crippen molar-refractivity contribution in [1.82, 2.24) is 0 Å². The summed E-state index contributed by atoms with van der Waals surface area (Å²) in [6.45, 7) is 9.07. The molecule has 0 unspecified atom stereocenters. The SMILES string of the molecule is C=C(C)C(=O)OCOC(=O)Oc1ccc(C(=O)Oc2ccc(-c3ccc(OCOC(=O)C(=C)C)cc3)cc2)cc1. The molecule has 0 heterocycles. The highest BCUT2D eigenvalue weighted by molar-refractivity contribution is 5.91. The van der Waals surface area contributed by atoms with Crippen LogP contribution in [0.3, 0.4) is 0 Å². The number of rotatable bonds is 11. The predicted molar refractivity (Wildman–Crippen MR) is 143 cm³/mol. The van der Waals surface area contributed by atoms with Crippen LogP contribution in [0.1, 0.15) is 24.2 Å². The molecule has 0 aromatic heterocycles. The van der Waals surface area contributed by atoms with Crippen LogP contribution in [0.25, 0.3) is 11.1 Å². The molecule has 3 aromatic carbocycles. The van der Waals surface area contributed by atoms with Gasteiger partial charge < -0.3 is 28.4 Å². The Morgan fingerprint density at radius 2 is 1.02 bits per heavy atom. The lowest BCUT2D eigenvalue weighted by Crippen LogP contribution is -2.16. The molecule has 0 amide bonds. The monoisotopic (exact) mass is 546 g/mol. The quantitative estimate of drug-likeness (QED) is 0.0984. The van der Waals surface area contributed by atoms with Crippen LogP contribution in [0.5, 0.6) is 17.2 Å². The summed E-state index contributed by atoms with van der Waals surface area (Å²) >= 11 is 0. The molecular formula is C30H26O10. The van der Waals surface area contributed by atoms with Crippen molar-refractivity contribution in [1.29, 1.82) is 0 Å². The third-order valence-corrected chi connectivity index (χ3v) is 5.02. The van der Waals surface area contributed by atoms with Gasteiger partial charge in [-0.1, -0.05) is 37.4 Å². The highest BCUT2D eigenvalue weighted by atomic mass is 16.8. The van der Waals surface area contributed by atoms with Gasteiger partial charge in [-0.3, -0.25) is 0 Å². The number of hydrogen-bond acceptors (Lipinski definition) is 10. The zero-order valence-electron chi connectivity index (χ0n) is 21.8. The van der Waals surface area contributed by atoms with E-state index < -0.39 is 30.9 Å². The summed E-state index contributed by atoms with van der Waals surface area (Å²) < 4.78 is 29.9. The zero-order chi connectivity index (χ0) is 29.1. The van der Waals surface area contributed by atoms with E-state index >= 15 is 0 Å². The molecule has 206 valence electrons. The molecule has 0 atom stereocenters. The molecule has 0 spiro atoms. The smallest absolute Gasteiger partial charge is 0.457 e. The molecule has 10 heteroatoms. The molecule has 0 aliphatic heterocycles. The van der Waals surface area contributed by atoms with E-state index in [1.807, 2.05) is 12.1 Å². The van der Waals surface area contributed by atoms with Crippen LogP contribution in [0, 0.1) is 0 Å². The Bertz CT molecular complexity index is 1390. The van der Waals surface area contributed by atoms with E-state index in [4.69, 9.17) is 18.9 Å². The minimum atomic E-state index is -1.09. The average Bonchev–Trinajstić information content (AvgIpc) is 2.94. The van der Waals surface area contributed by atoms with Crippen molar-refractivity contribution in [3.05, 3.63) is 103 Å². The van der Waals surface area contributed by atoms with Gasteiger partial charge in [-0.2, -0.15) is 0 Å². The highest BCUT2D eigenvalue weighted by Crippen LogP contribution is 2.25. The molecule has 3 aromatic rings. The lowest BCUT2D eigenvalue weighted by Gasteiger charge is -2.09. The number of esters is 3. The zero-order valence-corrected chi connectivity index (χ0v) is 21.8. The van der Waals surface area contributed by atoms with Gasteiger partial charge >= 0.3 is 24.1 Å². The summed E-state index contributed by atoms with van der Waals surface area (Å²) in [5, 5.41) is 0. The normalized spacial score (nSPS) is 10.1. The second-order valence-electron chi connectivity index (χ2n) is 8.26. The molecule has 0 bridgehead atoms. The van der Waals surface area contributed by atoms with Gasteiger partial charge in [-0.25, -0.2) is 19.2 Å². The maximum absolute atomic E-state index is 12.5. The average molecular weight is 547 g/mol. The van der Waals surface area contributed by atoms with Gasteiger partial charge in [0.25, 0.3) is 0 Å². The van der Waals surface area contributed by atoms with Gasteiger partial charge in [0, 0.05) is 11.1 Å². The van der Waals surface area contributed by atoms with E-state index in [0.717, 1.165) is 11.1 Å². The molecule has 0 N–H and O–H groups in total. The van der Waals surface area contributed by atoms with Crippen LogP contribution < -0.4 is 14.2 Å². The first-order valence-electron chi connectivity index (χ1n) is 11.8. The van der Waals surface area contributed by atoms with E-state index in [0.29, 0.717) is 11.5 Å². The highest BCUT2D eigenvalue weighted by Gasteiger charge is 2.12. The number of benzene rings is 3. The maximum atomic E-state index is 12.5. The largest absolute Gasteiger partial charge is 0.516 e. The third kappa shape index (κ3) is 8.88. The minimum absolute atomic E-state index is 0.112. The molecule has 0 fully saturated rings. The summed E-state index contributed by atoms with van der Waals surface area (Å²) in [6.07, 6.45) is -1.09. The Balaban J connectivity index is 1.48. The molecule has 40 heavy (non-hydrogen) atoms. The molecule has 0 saturated heterocycles. The minimum Gasteiger partial charge on any atom is -0.457 e. The number of ether oxygens (including phenoxy) is 6. The summed E-state index contributed by atoms with van der Waals surface area (Å²) in [5.74, 6) is -0.861. The van der Waals surface area contributed by atoms with Gasteiger partial charge in [-0.15, -0.1) is 0 Å². The van der Waals surface area contributed by atoms with Crippen LogP contribution in [-0.4, -0.2) is 37.6 Å². The lowest BCUT2D eigenvalue weighted by molar-refractivity contribution is -0.148. The number of carbonyl (C=O) groups excluding carboxylic acids is 4. The first-order valence-corrected chi connectivity index (χ1v) is 11.8. The van der Waals surface area contributed by atoms with Gasteiger partial charge in [0.2, 0.25) is 13.6 Å². The molecular weight excluding hydrogens is 520 g/mol. The van der Waals surface area contributed by atoms with E-state index in [1.165, 1.54) is 31.2 Å². The van der Waals surface area contributed by atoms with Crippen molar-refractivity contribution in [2.75, 3.05) is 13.6 Å². The fourth-order valence-corrected chi connectivity index (χ4v) is 2.94. The van der Waals surface area contributed by atoms with Gasteiger partial charge in [0.05, 0.1) is 5.56 Å². The standard InChI is InChI=1S/C30H26O10/c1-19(2)27(31)36-17-35-24-11-5-21(6-12-24)22-7-13-25(14-8-22)39-29(33)23-9-15-26(16-10-23)40-30(34)38-18-37-28(32)20(3)4/h5-16H,1,3,17-18H2,2,4H3. The molecule has 3 rings (SSSR count). The fraction of sp³-hybridized carbons (Fsp3) is 0.133. The Morgan fingerprint density at radius 1 is 0.575 bits per heavy atom. The lowest BCUT2D eigenvalue weighted by atomic mass is 10.1. The van der Waals surface area contributed by atoms with Crippen LogP contribution in [0.2, 0.25) is 0 Å². The van der Waals surface area contributed by atoms with Gasteiger partial charge in [-0.05, 0) is 73.5 Å². The first-order chi connectivity index (χ1) is 19.1. The third-order valence-electron chi connectivity index (χ3n) is 5.02. The molecule has 0 aliphatic rings. The Hall–Kier alpha value is -5.38. The van der Waals surface area contributed by atoms with Crippen LogP contribution in [0.4, 0.5) is 4.79 Å². The van der Waals surface area contributed by atoms with Crippen molar-refractivity contribution < 1.29 is 47.6 Å². The summed E-state index contributed by atoms with van der Waals surface area (Å²) in [6, 6.07) is 19.7. The Labute approximate surface area is 230 Å². The van der Waals surface area contributed by atoms with Crippen molar-refractivity contribution >= 4 is 24.1 Å². The Morgan fingerprint density at radius 3 is 1.55 bits per heavy atom. The second kappa shape index (κ2) is 14.0. The van der Waals surface area contributed by atoms with E-state index in [2.05, 4.69) is 22.6 Å². The Kier molecular flexibility index (Phi) is 10.2. The van der Waals surface area contributed by atoms with Crippen molar-refractivity contribution in [3.63, 3.8) is 0 Å². The summed E-state index contributed by atoms with van der Waals surface area (Å²) in [4.78, 5) is 46.8. The number of carbonyl (C=O) groups is 4. The first kappa shape index (κ1) is 29.2. The van der Waals surface area contributed by atoms with Gasteiger partial charge in [0.1, 0.15) is 17.2 Å². The van der Waals surface area contributed by atoms with Crippen molar-refractivity contribution in [3.8, 4) is 28.4 Å². The van der Waals surface area contributed by atoms with E-state index in [1.54, 1.807) is 43.3 Å². The van der Waals surface area contributed by atoms with Crippen LogP contribution in [-0.2, 0) is 23.8 Å². The van der Waals surface area contributed by atoms with Gasteiger partial charge in [0.15, 0.2) is 0 Å². The van der Waals surface area contributed by atoms with Crippen LogP contribution in [0.15, 0.2) is 97.1 Å². The molecule has 10 nitrogen and oxygen atoms in total. The van der Waals surface area contributed by atoms with E-state index in [-0.39, 0.29) is 29.3 Å². The molecule has 0 aliphatic carbocycles. The van der Waals surface area contributed by atoms with Crippen LogP contribution >= 0.6 is 0 Å². The molecule has 0 saturated carbocycles. The topological polar surface area (TPSA) is 124 Å².